The molecule has 210 valence electrons. The van der Waals surface area contributed by atoms with E-state index in [1.165, 1.54) is 67.1 Å². The zero-order valence-electron chi connectivity index (χ0n) is 22.5. The van der Waals surface area contributed by atoms with Gasteiger partial charge in [-0.05, 0) is 55.5 Å². The first-order valence-electron chi connectivity index (χ1n) is 12.2. The summed E-state index contributed by atoms with van der Waals surface area (Å²) in [6, 6.07) is 16.6. The fourth-order valence-corrected chi connectivity index (χ4v) is 6.77. The molecule has 0 fully saturated rings. The molecule has 0 atom stereocenters. The van der Waals surface area contributed by atoms with Crippen LogP contribution in [-0.2, 0) is 24.8 Å². The Kier molecular flexibility index (Phi) is 9.59. The van der Waals surface area contributed by atoms with Crippen molar-refractivity contribution in [3.05, 3.63) is 72.3 Å². The summed E-state index contributed by atoms with van der Waals surface area (Å²) in [5, 5.41) is 2.65. The third-order valence-corrected chi connectivity index (χ3v) is 9.87. The molecule has 0 radical (unpaired) electrons. The van der Waals surface area contributed by atoms with E-state index in [1.54, 1.807) is 32.0 Å². The molecule has 3 aromatic carbocycles. The Morgan fingerprint density at radius 2 is 1.36 bits per heavy atom. The van der Waals surface area contributed by atoms with Gasteiger partial charge in [-0.15, -0.1) is 0 Å². The van der Waals surface area contributed by atoms with Crippen molar-refractivity contribution in [2.24, 2.45) is 0 Å². The number of anilines is 2. The SMILES string of the molecule is CCN(CC)S(=O)(=O)c1ccc(NC(=O)CN(c2ccc(OC)cc2OC)S(=O)(=O)c2ccc(C)cc2)cc1. The quantitative estimate of drug-likeness (QED) is 0.348. The highest BCUT2D eigenvalue weighted by Crippen LogP contribution is 2.35. The summed E-state index contributed by atoms with van der Waals surface area (Å²) >= 11 is 0. The van der Waals surface area contributed by atoms with E-state index in [4.69, 9.17) is 9.47 Å². The maximum Gasteiger partial charge on any atom is 0.264 e. The minimum absolute atomic E-state index is 0.00438. The number of aryl methyl sites for hydroxylation is 1. The van der Waals surface area contributed by atoms with Gasteiger partial charge in [0.2, 0.25) is 15.9 Å². The lowest BCUT2D eigenvalue weighted by Gasteiger charge is -2.26. The third-order valence-electron chi connectivity index (χ3n) is 6.03. The molecule has 0 aliphatic carbocycles. The van der Waals surface area contributed by atoms with E-state index in [0.29, 0.717) is 24.5 Å². The second-order valence-corrected chi connectivity index (χ2v) is 12.3. The Bertz CT molecular complexity index is 1500. The molecule has 0 bridgehead atoms. The third kappa shape index (κ3) is 6.70. The van der Waals surface area contributed by atoms with Crippen molar-refractivity contribution in [2.45, 2.75) is 30.6 Å². The molecule has 3 aromatic rings. The Balaban J connectivity index is 1.94. The molecular formula is C27H33N3O7S2. The van der Waals surface area contributed by atoms with Crippen LogP contribution in [0.15, 0.2) is 76.5 Å². The number of nitrogens with zero attached hydrogens (tertiary/aromatic N) is 2. The van der Waals surface area contributed by atoms with Crippen LogP contribution in [0.4, 0.5) is 11.4 Å². The Morgan fingerprint density at radius 1 is 0.795 bits per heavy atom. The molecular weight excluding hydrogens is 542 g/mol. The Labute approximate surface area is 230 Å². The van der Waals surface area contributed by atoms with Gasteiger partial charge >= 0.3 is 0 Å². The van der Waals surface area contributed by atoms with Gasteiger partial charge in [-0.3, -0.25) is 9.10 Å². The lowest BCUT2D eigenvalue weighted by Crippen LogP contribution is -2.38. The maximum absolute atomic E-state index is 13.7. The number of methoxy groups -OCH3 is 2. The number of ether oxygens (including phenoxy) is 2. The second-order valence-electron chi connectivity index (χ2n) is 8.52. The first-order valence-corrected chi connectivity index (χ1v) is 15.1. The van der Waals surface area contributed by atoms with Gasteiger partial charge in [-0.2, -0.15) is 4.31 Å². The van der Waals surface area contributed by atoms with Gasteiger partial charge in [-0.1, -0.05) is 31.5 Å². The van der Waals surface area contributed by atoms with E-state index in [-0.39, 0.29) is 21.2 Å². The molecule has 0 aliphatic heterocycles. The van der Waals surface area contributed by atoms with Crippen LogP contribution < -0.4 is 19.1 Å². The molecule has 12 heteroatoms. The molecule has 1 amide bonds. The van der Waals surface area contributed by atoms with Crippen LogP contribution in [0, 0.1) is 6.92 Å². The molecule has 39 heavy (non-hydrogen) atoms. The van der Waals surface area contributed by atoms with Crippen molar-refractivity contribution in [1.82, 2.24) is 4.31 Å². The normalized spacial score (nSPS) is 11.7. The largest absolute Gasteiger partial charge is 0.497 e. The van der Waals surface area contributed by atoms with Gasteiger partial charge in [0, 0.05) is 24.8 Å². The van der Waals surface area contributed by atoms with Crippen LogP contribution in [0.5, 0.6) is 11.5 Å². The van der Waals surface area contributed by atoms with Crippen LogP contribution in [0.1, 0.15) is 19.4 Å². The smallest absolute Gasteiger partial charge is 0.264 e. The number of hydrogen-bond acceptors (Lipinski definition) is 7. The van der Waals surface area contributed by atoms with Crippen molar-refractivity contribution >= 4 is 37.3 Å². The molecule has 0 aliphatic rings. The van der Waals surface area contributed by atoms with Crippen molar-refractivity contribution in [1.29, 1.82) is 0 Å². The molecule has 3 rings (SSSR count). The van der Waals surface area contributed by atoms with Crippen molar-refractivity contribution in [2.75, 3.05) is 43.5 Å². The standard InChI is InChI=1S/C27H33N3O7S2/c1-6-29(7-2)38(32,33)23-15-10-21(11-16-23)28-27(31)19-30(25-17-12-22(36-4)18-26(25)37-5)39(34,35)24-13-8-20(3)9-14-24/h8-18H,6-7,19H2,1-5H3,(H,28,31). The van der Waals surface area contributed by atoms with E-state index >= 15 is 0 Å². The lowest BCUT2D eigenvalue weighted by atomic mass is 10.2. The summed E-state index contributed by atoms with van der Waals surface area (Å²) in [6.07, 6.45) is 0. The molecule has 0 aromatic heterocycles. The number of sulfonamides is 2. The summed E-state index contributed by atoms with van der Waals surface area (Å²) in [4.78, 5) is 13.2. The average Bonchev–Trinajstić information content (AvgIpc) is 2.92. The highest BCUT2D eigenvalue weighted by Gasteiger charge is 2.30. The average molecular weight is 576 g/mol. The van der Waals surface area contributed by atoms with E-state index in [1.807, 2.05) is 6.92 Å². The van der Waals surface area contributed by atoms with E-state index in [9.17, 15) is 21.6 Å². The van der Waals surface area contributed by atoms with Gasteiger partial charge in [0.1, 0.15) is 18.0 Å². The first-order chi connectivity index (χ1) is 18.5. The second kappa shape index (κ2) is 12.5. The van der Waals surface area contributed by atoms with Crippen molar-refractivity contribution in [3.8, 4) is 11.5 Å². The molecule has 0 saturated heterocycles. The van der Waals surface area contributed by atoms with Gasteiger partial charge in [0.25, 0.3) is 10.0 Å². The molecule has 0 saturated carbocycles. The summed E-state index contributed by atoms with van der Waals surface area (Å²) in [7, 11) is -4.98. The highest BCUT2D eigenvalue weighted by molar-refractivity contribution is 7.93. The van der Waals surface area contributed by atoms with E-state index in [0.717, 1.165) is 9.87 Å². The van der Waals surface area contributed by atoms with Gasteiger partial charge in [0.05, 0.1) is 29.7 Å². The number of benzene rings is 3. The van der Waals surface area contributed by atoms with Crippen molar-refractivity contribution < 1.29 is 31.1 Å². The van der Waals surface area contributed by atoms with Crippen LogP contribution in [-0.4, -0.2) is 60.9 Å². The zero-order valence-corrected chi connectivity index (χ0v) is 24.2. The fraction of sp³-hybridized carbons (Fsp3) is 0.296. The number of carbonyl (C=O) groups excluding carboxylic acids is 1. The first kappa shape index (κ1) is 29.9. The monoisotopic (exact) mass is 575 g/mol. The molecule has 10 nitrogen and oxygen atoms in total. The van der Waals surface area contributed by atoms with E-state index in [2.05, 4.69) is 5.32 Å². The minimum atomic E-state index is -4.19. The van der Waals surface area contributed by atoms with Crippen LogP contribution >= 0.6 is 0 Å². The number of nitrogens with one attached hydrogen (secondary N) is 1. The van der Waals surface area contributed by atoms with Crippen LogP contribution in [0.2, 0.25) is 0 Å². The topological polar surface area (TPSA) is 122 Å². The molecule has 0 unspecified atom stereocenters. The lowest BCUT2D eigenvalue weighted by molar-refractivity contribution is -0.114. The number of hydrogen-bond donors (Lipinski definition) is 1. The highest BCUT2D eigenvalue weighted by atomic mass is 32.2. The van der Waals surface area contributed by atoms with Gasteiger partial charge in [-0.25, -0.2) is 16.8 Å². The fourth-order valence-electron chi connectivity index (χ4n) is 3.88. The number of rotatable bonds is 12. The minimum Gasteiger partial charge on any atom is -0.497 e. The summed E-state index contributed by atoms with van der Waals surface area (Å²) < 4.78 is 65.9. The Hall–Kier alpha value is -3.61. The Morgan fingerprint density at radius 3 is 1.90 bits per heavy atom. The van der Waals surface area contributed by atoms with Gasteiger partial charge < -0.3 is 14.8 Å². The summed E-state index contributed by atoms with van der Waals surface area (Å²) in [5.74, 6) is 0.0131. The molecule has 0 spiro atoms. The summed E-state index contributed by atoms with van der Waals surface area (Å²) in [5.41, 5.74) is 1.34. The number of amides is 1. The molecule has 1 N–H and O–H groups in total. The molecule has 0 heterocycles. The van der Waals surface area contributed by atoms with Gasteiger partial charge in [0.15, 0.2) is 0 Å². The zero-order chi connectivity index (χ0) is 28.8. The van der Waals surface area contributed by atoms with E-state index < -0.39 is 32.5 Å². The number of carbonyl (C=O) groups is 1. The maximum atomic E-state index is 13.7. The predicted octanol–water partition coefficient (Wildman–Crippen LogP) is 3.88. The predicted molar refractivity (Wildman–Crippen MR) is 150 cm³/mol. The van der Waals surface area contributed by atoms with Crippen LogP contribution in [0.3, 0.4) is 0 Å². The summed E-state index contributed by atoms with van der Waals surface area (Å²) in [6.45, 7) is 5.44. The van der Waals surface area contributed by atoms with Crippen LogP contribution in [0.25, 0.3) is 0 Å². The van der Waals surface area contributed by atoms with Crippen molar-refractivity contribution in [3.63, 3.8) is 0 Å².